The summed E-state index contributed by atoms with van der Waals surface area (Å²) in [6.07, 6.45) is 2.84. The lowest BCUT2D eigenvalue weighted by molar-refractivity contribution is 0.0600. The number of nitrogen functional groups attached to an aromatic ring is 1. The van der Waals surface area contributed by atoms with Crippen LogP contribution in [-0.4, -0.2) is 18.1 Å². The Kier molecular flexibility index (Phi) is 2.34. The quantitative estimate of drug-likeness (QED) is 0.702. The van der Waals surface area contributed by atoms with Gasteiger partial charge in [0.1, 0.15) is 0 Å². The minimum absolute atomic E-state index is 0.351. The van der Waals surface area contributed by atoms with Crippen LogP contribution in [0.3, 0.4) is 0 Å². The number of anilines is 1. The van der Waals surface area contributed by atoms with E-state index in [0.29, 0.717) is 11.3 Å². The van der Waals surface area contributed by atoms with Gasteiger partial charge in [-0.05, 0) is 31.7 Å². The van der Waals surface area contributed by atoms with Gasteiger partial charge in [-0.15, -0.1) is 0 Å². The van der Waals surface area contributed by atoms with Crippen molar-refractivity contribution in [3.8, 4) is 0 Å². The number of hydrogen-bond acceptors (Lipinski definition) is 4. The topological polar surface area (TPSA) is 65.2 Å². The number of carbonyl (C=O) groups is 1. The number of pyridine rings is 1. The van der Waals surface area contributed by atoms with Gasteiger partial charge in [0.15, 0.2) is 0 Å². The van der Waals surface area contributed by atoms with E-state index >= 15 is 0 Å². The number of esters is 1. The van der Waals surface area contributed by atoms with Gasteiger partial charge in [-0.1, -0.05) is 0 Å². The Bertz CT molecular complexity index is 427. The molecular formula is C11H14N2O2. The number of rotatable bonds is 1. The molecule has 1 aromatic heterocycles. The van der Waals surface area contributed by atoms with Crippen LogP contribution in [0.1, 0.15) is 33.7 Å². The number of hydrogen-bond donors (Lipinski definition) is 1. The van der Waals surface area contributed by atoms with Crippen molar-refractivity contribution in [3.63, 3.8) is 0 Å². The predicted octanol–water partition coefficient (Wildman–Crippen LogP) is 1.25. The molecule has 0 aromatic carbocycles. The summed E-state index contributed by atoms with van der Waals surface area (Å²) in [5, 5.41) is 0. The molecule has 1 heterocycles. The minimum Gasteiger partial charge on any atom is -0.465 e. The summed E-state index contributed by atoms with van der Waals surface area (Å²) in [4.78, 5) is 16.0. The van der Waals surface area contributed by atoms with Gasteiger partial charge < -0.3 is 10.5 Å². The van der Waals surface area contributed by atoms with Crippen LogP contribution in [0.5, 0.6) is 0 Å². The number of nitrogens with two attached hydrogens (primary N) is 1. The highest BCUT2D eigenvalue weighted by Crippen LogP contribution is 2.29. The van der Waals surface area contributed by atoms with E-state index in [9.17, 15) is 4.79 Å². The molecule has 0 radical (unpaired) electrons. The molecule has 0 fully saturated rings. The smallest absolute Gasteiger partial charge is 0.340 e. The highest BCUT2D eigenvalue weighted by Gasteiger charge is 2.24. The van der Waals surface area contributed by atoms with Crippen molar-refractivity contribution in [1.82, 2.24) is 4.98 Å². The fraction of sp³-hybridized carbons (Fsp3) is 0.455. The van der Waals surface area contributed by atoms with Crippen LogP contribution >= 0.6 is 0 Å². The molecule has 15 heavy (non-hydrogen) atoms. The van der Waals surface area contributed by atoms with Crippen LogP contribution in [0.25, 0.3) is 0 Å². The lowest BCUT2D eigenvalue weighted by Crippen LogP contribution is -2.12. The van der Waals surface area contributed by atoms with Crippen molar-refractivity contribution >= 4 is 11.7 Å². The second kappa shape index (κ2) is 3.53. The van der Waals surface area contributed by atoms with Gasteiger partial charge in [-0.3, -0.25) is 4.98 Å². The van der Waals surface area contributed by atoms with E-state index in [2.05, 4.69) is 4.98 Å². The maximum absolute atomic E-state index is 11.6. The molecule has 0 bridgehead atoms. The van der Waals surface area contributed by atoms with Gasteiger partial charge in [0, 0.05) is 5.69 Å². The molecular weight excluding hydrogens is 192 g/mol. The van der Waals surface area contributed by atoms with Crippen LogP contribution in [0.4, 0.5) is 5.69 Å². The van der Waals surface area contributed by atoms with Crippen molar-refractivity contribution in [1.29, 1.82) is 0 Å². The molecule has 0 amide bonds. The highest BCUT2D eigenvalue weighted by atomic mass is 16.5. The van der Waals surface area contributed by atoms with Crippen molar-refractivity contribution in [3.05, 3.63) is 22.5 Å². The van der Waals surface area contributed by atoms with Crippen molar-refractivity contribution < 1.29 is 9.53 Å². The number of methoxy groups -OCH3 is 1. The Labute approximate surface area is 88.4 Å². The Morgan fingerprint density at radius 3 is 2.87 bits per heavy atom. The number of carbonyl (C=O) groups excluding carboxylic acids is 1. The summed E-state index contributed by atoms with van der Waals surface area (Å²) in [5.74, 6) is -0.351. The molecule has 0 saturated heterocycles. The van der Waals surface area contributed by atoms with Crippen LogP contribution in [-0.2, 0) is 17.6 Å². The molecule has 1 aromatic rings. The molecule has 80 valence electrons. The van der Waals surface area contributed by atoms with Crippen LogP contribution in [0.2, 0.25) is 0 Å². The van der Waals surface area contributed by atoms with Gasteiger partial charge in [-0.2, -0.15) is 0 Å². The third-order valence-corrected chi connectivity index (χ3v) is 2.84. The van der Waals surface area contributed by atoms with Gasteiger partial charge in [0.25, 0.3) is 0 Å². The lowest BCUT2D eigenvalue weighted by Gasteiger charge is -2.11. The summed E-state index contributed by atoms with van der Waals surface area (Å²) in [5.41, 5.74) is 9.55. The summed E-state index contributed by atoms with van der Waals surface area (Å²) in [6, 6.07) is 0. The van der Waals surface area contributed by atoms with Crippen molar-refractivity contribution in [2.45, 2.75) is 26.2 Å². The molecule has 4 nitrogen and oxygen atoms in total. The zero-order chi connectivity index (χ0) is 11.0. The average molecular weight is 206 g/mol. The third kappa shape index (κ3) is 1.46. The van der Waals surface area contributed by atoms with E-state index in [4.69, 9.17) is 10.5 Å². The maximum atomic E-state index is 11.6. The Balaban J connectivity index is 2.65. The molecule has 0 spiro atoms. The average Bonchev–Trinajstić information content (AvgIpc) is 2.66. The molecule has 1 aliphatic carbocycles. The fourth-order valence-electron chi connectivity index (χ4n) is 2.06. The molecule has 0 saturated carbocycles. The number of nitrogens with zero attached hydrogens (tertiary/aromatic N) is 1. The summed E-state index contributed by atoms with van der Waals surface area (Å²) >= 11 is 0. The normalized spacial score (nSPS) is 13.7. The zero-order valence-electron chi connectivity index (χ0n) is 8.96. The van der Waals surface area contributed by atoms with Gasteiger partial charge in [-0.25, -0.2) is 4.79 Å². The zero-order valence-corrected chi connectivity index (χ0v) is 8.96. The van der Waals surface area contributed by atoms with Crippen molar-refractivity contribution in [2.75, 3.05) is 12.8 Å². The Hall–Kier alpha value is -1.58. The second-order valence-corrected chi connectivity index (χ2v) is 3.76. The van der Waals surface area contributed by atoms with Crippen molar-refractivity contribution in [2.24, 2.45) is 0 Å². The Morgan fingerprint density at radius 1 is 1.47 bits per heavy atom. The first-order valence-electron chi connectivity index (χ1n) is 5.01. The first kappa shape index (κ1) is 9.96. The molecule has 2 rings (SSSR count). The Morgan fingerprint density at radius 2 is 2.20 bits per heavy atom. The van der Waals surface area contributed by atoms with E-state index in [1.807, 2.05) is 6.92 Å². The molecule has 0 aliphatic heterocycles. The molecule has 0 atom stereocenters. The lowest BCUT2D eigenvalue weighted by atomic mass is 10.0. The van der Waals surface area contributed by atoms with E-state index < -0.39 is 0 Å². The molecule has 0 unspecified atom stereocenters. The van der Waals surface area contributed by atoms with Crippen LogP contribution in [0.15, 0.2) is 0 Å². The van der Waals surface area contributed by atoms with Crippen LogP contribution in [0, 0.1) is 6.92 Å². The number of aromatic nitrogens is 1. The van der Waals surface area contributed by atoms with Gasteiger partial charge in [0.2, 0.25) is 0 Å². The van der Waals surface area contributed by atoms with Crippen LogP contribution < -0.4 is 5.73 Å². The SMILES string of the molecule is COC(=O)c1c(N)c(C)nc2c1CCC2. The fourth-order valence-corrected chi connectivity index (χ4v) is 2.06. The van der Waals surface area contributed by atoms with Gasteiger partial charge in [0.05, 0.1) is 24.1 Å². The summed E-state index contributed by atoms with van der Waals surface area (Å²) < 4.78 is 4.75. The first-order valence-corrected chi connectivity index (χ1v) is 5.01. The molecule has 2 N–H and O–H groups in total. The second-order valence-electron chi connectivity index (χ2n) is 3.76. The molecule has 1 aliphatic rings. The summed E-state index contributed by atoms with van der Waals surface area (Å²) in [7, 11) is 1.37. The standard InChI is InChI=1S/C11H14N2O2/c1-6-10(12)9(11(14)15-2)7-4-3-5-8(7)13-6/h3-5,12H2,1-2H3. The van der Waals surface area contributed by atoms with Gasteiger partial charge >= 0.3 is 5.97 Å². The summed E-state index contributed by atoms with van der Waals surface area (Å²) in [6.45, 7) is 1.82. The largest absolute Gasteiger partial charge is 0.465 e. The highest BCUT2D eigenvalue weighted by molar-refractivity contribution is 5.97. The maximum Gasteiger partial charge on any atom is 0.340 e. The van der Waals surface area contributed by atoms with E-state index in [1.165, 1.54) is 7.11 Å². The first-order chi connectivity index (χ1) is 7.15. The monoisotopic (exact) mass is 206 g/mol. The third-order valence-electron chi connectivity index (χ3n) is 2.84. The van der Waals surface area contributed by atoms with E-state index in [0.717, 1.165) is 36.2 Å². The van der Waals surface area contributed by atoms with E-state index in [-0.39, 0.29) is 5.97 Å². The minimum atomic E-state index is -0.351. The van der Waals surface area contributed by atoms with E-state index in [1.54, 1.807) is 0 Å². The predicted molar refractivity (Wildman–Crippen MR) is 56.8 cm³/mol. The number of fused-ring (bicyclic) bond motifs is 1. The number of aryl methyl sites for hydroxylation is 2. The number of ether oxygens (including phenoxy) is 1. The molecule has 4 heteroatoms.